The Bertz CT molecular complexity index is 1040. The zero-order valence-electron chi connectivity index (χ0n) is 18.2. The monoisotopic (exact) mass is 403 g/mol. The maximum atomic E-state index is 13.4. The molecule has 0 saturated carbocycles. The lowest BCUT2D eigenvalue weighted by atomic mass is 9.99. The van der Waals surface area contributed by atoms with E-state index >= 15 is 0 Å². The molecule has 0 atom stereocenters. The highest BCUT2D eigenvalue weighted by molar-refractivity contribution is 5.94. The van der Waals surface area contributed by atoms with Gasteiger partial charge in [-0.1, -0.05) is 19.1 Å². The summed E-state index contributed by atoms with van der Waals surface area (Å²) in [7, 11) is 1.65. The summed E-state index contributed by atoms with van der Waals surface area (Å²) in [6, 6.07) is 15.9. The molecule has 156 valence electrons. The molecule has 0 aliphatic carbocycles. The van der Waals surface area contributed by atoms with Gasteiger partial charge in [0.1, 0.15) is 11.4 Å². The van der Waals surface area contributed by atoms with Gasteiger partial charge >= 0.3 is 0 Å². The second kappa shape index (κ2) is 8.34. The number of carbonyl (C=O) groups is 1. The molecule has 1 fully saturated rings. The van der Waals surface area contributed by atoms with Crippen molar-refractivity contribution in [3.8, 4) is 22.7 Å². The third-order valence-corrected chi connectivity index (χ3v) is 6.12. The lowest BCUT2D eigenvalue weighted by Gasteiger charge is -2.30. The van der Waals surface area contributed by atoms with Crippen LogP contribution in [0.5, 0.6) is 5.75 Å². The normalized spacial score (nSPS) is 14.7. The molecule has 1 aliphatic rings. The SMILES string of the molecule is COc1ccc(-n2nc(-c3ccc(C)c(C)c3)cc2C(=O)N2CCC(C)CC2)cc1. The molecule has 5 nitrogen and oxygen atoms in total. The first-order valence-electron chi connectivity index (χ1n) is 10.6. The van der Waals surface area contributed by atoms with Gasteiger partial charge in [-0.05, 0) is 80.1 Å². The summed E-state index contributed by atoms with van der Waals surface area (Å²) in [5.74, 6) is 1.49. The van der Waals surface area contributed by atoms with Gasteiger partial charge in [0.25, 0.3) is 5.91 Å². The van der Waals surface area contributed by atoms with Gasteiger partial charge in [0, 0.05) is 18.7 Å². The van der Waals surface area contributed by atoms with Crippen LogP contribution >= 0.6 is 0 Å². The van der Waals surface area contributed by atoms with Crippen molar-refractivity contribution in [3.05, 3.63) is 65.4 Å². The lowest BCUT2D eigenvalue weighted by molar-refractivity contribution is 0.0688. The average molecular weight is 404 g/mol. The topological polar surface area (TPSA) is 47.4 Å². The Hall–Kier alpha value is -3.08. The molecule has 5 heteroatoms. The van der Waals surface area contributed by atoms with Crippen molar-refractivity contribution < 1.29 is 9.53 Å². The summed E-state index contributed by atoms with van der Waals surface area (Å²) < 4.78 is 7.05. The molecule has 4 rings (SSSR count). The van der Waals surface area contributed by atoms with Crippen LogP contribution in [0.2, 0.25) is 0 Å². The van der Waals surface area contributed by atoms with Crippen LogP contribution in [-0.4, -0.2) is 40.8 Å². The van der Waals surface area contributed by atoms with Crippen LogP contribution in [0.3, 0.4) is 0 Å². The van der Waals surface area contributed by atoms with Gasteiger partial charge in [-0.15, -0.1) is 0 Å². The van der Waals surface area contributed by atoms with E-state index in [0.717, 1.165) is 48.6 Å². The van der Waals surface area contributed by atoms with E-state index in [-0.39, 0.29) is 5.91 Å². The zero-order valence-corrected chi connectivity index (χ0v) is 18.2. The van der Waals surface area contributed by atoms with Crippen molar-refractivity contribution in [2.45, 2.75) is 33.6 Å². The maximum absolute atomic E-state index is 13.4. The maximum Gasteiger partial charge on any atom is 0.272 e. The molecule has 1 aromatic heterocycles. The number of aryl methyl sites for hydroxylation is 2. The molecule has 0 radical (unpaired) electrons. The second-order valence-electron chi connectivity index (χ2n) is 8.30. The molecule has 1 saturated heterocycles. The van der Waals surface area contributed by atoms with Gasteiger partial charge in [-0.3, -0.25) is 4.79 Å². The van der Waals surface area contributed by atoms with Gasteiger partial charge in [0.05, 0.1) is 18.5 Å². The Kier molecular flexibility index (Phi) is 5.62. The second-order valence-corrected chi connectivity index (χ2v) is 8.30. The third-order valence-electron chi connectivity index (χ3n) is 6.12. The summed E-state index contributed by atoms with van der Waals surface area (Å²) in [5, 5.41) is 4.84. The Morgan fingerprint density at radius 3 is 2.33 bits per heavy atom. The van der Waals surface area contributed by atoms with E-state index in [0.29, 0.717) is 11.6 Å². The summed E-state index contributed by atoms with van der Waals surface area (Å²) in [4.78, 5) is 15.4. The fraction of sp³-hybridized carbons (Fsp3) is 0.360. The lowest BCUT2D eigenvalue weighted by Crippen LogP contribution is -2.38. The minimum atomic E-state index is 0.0419. The van der Waals surface area contributed by atoms with Crippen LogP contribution in [-0.2, 0) is 0 Å². The van der Waals surface area contributed by atoms with Crippen molar-refractivity contribution in [2.75, 3.05) is 20.2 Å². The highest BCUT2D eigenvalue weighted by Gasteiger charge is 2.26. The van der Waals surface area contributed by atoms with Crippen LogP contribution in [0, 0.1) is 19.8 Å². The van der Waals surface area contributed by atoms with Crippen LogP contribution in [0.4, 0.5) is 0 Å². The molecule has 0 bridgehead atoms. The van der Waals surface area contributed by atoms with Crippen LogP contribution in [0.1, 0.15) is 41.4 Å². The molecular formula is C25H29N3O2. The number of hydrogen-bond donors (Lipinski definition) is 0. The van der Waals surface area contributed by atoms with Crippen molar-refractivity contribution in [1.29, 1.82) is 0 Å². The van der Waals surface area contributed by atoms with Gasteiger partial charge < -0.3 is 9.64 Å². The molecule has 0 N–H and O–H groups in total. The molecule has 30 heavy (non-hydrogen) atoms. The molecule has 2 heterocycles. The van der Waals surface area contributed by atoms with Crippen molar-refractivity contribution >= 4 is 5.91 Å². The molecule has 0 unspecified atom stereocenters. The van der Waals surface area contributed by atoms with Gasteiger partial charge in [-0.25, -0.2) is 4.68 Å². The Labute approximate surface area is 178 Å². The van der Waals surface area contributed by atoms with E-state index in [1.54, 1.807) is 11.8 Å². The largest absolute Gasteiger partial charge is 0.497 e. The van der Waals surface area contributed by atoms with E-state index in [9.17, 15) is 4.79 Å². The number of ether oxygens (including phenoxy) is 1. The molecule has 2 aromatic carbocycles. The quantitative estimate of drug-likeness (QED) is 0.613. The highest BCUT2D eigenvalue weighted by atomic mass is 16.5. The molecule has 1 aliphatic heterocycles. The van der Waals surface area contributed by atoms with E-state index in [2.05, 4.69) is 39.0 Å². The molecule has 1 amide bonds. The predicted octanol–water partition coefficient (Wildman–Crippen LogP) is 5.04. The number of likely N-dealkylation sites (tertiary alicyclic amines) is 1. The number of methoxy groups -OCH3 is 1. The number of hydrogen-bond acceptors (Lipinski definition) is 3. The third kappa shape index (κ3) is 3.97. The molecule has 3 aromatic rings. The van der Waals surface area contributed by atoms with E-state index in [1.165, 1.54) is 11.1 Å². The van der Waals surface area contributed by atoms with Crippen molar-refractivity contribution in [3.63, 3.8) is 0 Å². The minimum absolute atomic E-state index is 0.0419. The molecule has 0 spiro atoms. The first-order valence-corrected chi connectivity index (χ1v) is 10.6. The fourth-order valence-corrected chi connectivity index (χ4v) is 3.87. The summed E-state index contributed by atoms with van der Waals surface area (Å²) in [5.41, 5.74) is 5.73. The summed E-state index contributed by atoms with van der Waals surface area (Å²) in [6.07, 6.45) is 2.10. The number of rotatable bonds is 4. The zero-order chi connectivity index (χ0) is 21.3. The van der Waals surface area contributed by atoms with Crippen molar-refractivity contribution in [1.82, 2.24) is 14.7 Å². The van der Waals surface area contributed by atoms with Crippen LogP contribution < -0.4 is 4.74 Å². The summed E-state index contributed by atoms with van der Waals surface area (Å²) >= 11 is 0. The number of amides is 1. The number of piperidine rings is 1. The Balaban J connectivity index is 1.76. The van der Waals surface area contributed by atoms with Gasteiger partial charge in [0.15, 0.2) is 0 Å². The average Bonchev–Trinajstić information content (AvgIpc) is 3.21. The first-order chi connectivity index (χ1) is 14.5. The van der Waals surface area contributed by atoms with E-state index in [4.69, 9.17) is 9.84 Å². The number of carbonyl (C=O) groups excluding carboxylic acids is 1. The highest BCUT2D eigenvalue weighted by Crippen LogP contribution is 2.27. The number of aromatic nitrogens is 2. The van der Waals surface area contributed by atoms with Crippen LogP contribution in [0.25, 0.3) is 16.9 Å². The Morgan fingerprint density at radius 2 is 1.70 bits per heavy atom. The predicted molar refractivity (Wildman–Crippen MR) is 119 cm³/mol. The number of benzene rings is 2. The smallest absolute Gasteiger partial charge is 0.272 e. The molecular weight excluding hydrogens is 374 g/mol. The van der Waals surface area contributed by atoms with Crippen LogP contribution in [0.15, 0.2) is 48.5 Å². The van der Waals surface area contributed by atoms with E-state index < -0.39 is 0 Å². The van der Waals surface area contributed by atoms with E-state index in [1.807, 2.05) is 35.2 Å². The first kappa shape index (κ1) is 20.2. The van der Waals surface area contributed by atoms with Gasteiger partial charge in [-0.2, -0.15) is 5.10 Å². The fourth-order valence-electron chi connectivity index (χ4n) is 3.87. The standard InChI is InChI=1S/C25H29N3O2/c1-17-11-13-27(14-12-17)25(29)24-16-23(20-6-5-18(2)19(3)15-20)26-28(24)21-7-9-22(30-4)10-8-21/h5-10,15-17H,11-14H2,1-4H3. The van der Waals surface area contributed by atoms with Crippen molar-refractivity contribution in [2.24, 2.45) is 5.92 Å². The van der Waals surface area contributed by atoms with Gasteiger partial charge in [0.2, 0.25) is 0 Å². The minimum Gasteiger partial charge on any atom is -0.497 e. The Morgan fingerprint density at radius 1 is 1.00 bits per heavy atom. The summed E-state index contributed by atoms with van der Waals surface area (Å²) in [6.45, 7) is 8.04. The number of nitrogens with zero attached hydrogens (tertiary/aromatic N) is 3.